The van der Waals surface area contributed by atoms with Gasteiger partial charge in [-0.15, -0.1) is 0 Å². The van der Waals surface area contributed by atoms with Gasteiger partial charge in [0.15, 0.2) is 0 Å². The number of hydrogen-bond donors (Lipinski definition) is 2. The third-order valence-electron chi connectivity index (χ3n) is 4.34. The largest absolute Gasteiger partial charge is 0.345 e. The molecule has 3 heterocycles. The number of aliphatic imine (C=N–C) groups is 1. The number of carbonyl (C=O) groups excluding carboxylic acids is 1. The minimum Gasteiger partial charge on any atom is -0.345 e. The van der Waals surface area contributed by atoms with Crippen LogP contribution in [0.5, 0.6) is 0 Å². The summed E-state index contributed by atoms with van der Waals surface area (Å²) >= 11 is 0. The molecule has 7 heteroatoms. The van der Waals surface area contributed by atoms with Gasteiger partial charge in [-0.1, -0.05) is 6.07 Å². The summed E-state index contributed by atoms with van der Waals surface area (Å²) in [6.07, 6.45) is 5.04. The number of rotatable bonds is 3. The van der Waals surface area contributed by atoms with E-state index in [0.29, 0.717) is 22.4 Å². The van der Waals surface area contributed by atoms with Gasteiger partial charge in [0.2, 0.25) is 0 Å². The van der Waals surface area contributed by atoms with Crippen LogP contribution in [0.1, 0.15) is 27.0 Å². The first-order valence-electron chi connectivity index (χ1n) is 7.98. The molecule has 4 rings (SSSR count). The molecule has 3 aromatic rings. The molecule has 0 saturated heterocycles. The minimum absolute atomic E-state index is 0.0955. The summed E-state index contributed by atoms with van der Waals surface area (Å²) in [4.78, 5) is 29.9. The van der Waals surface area contributed by atoms with Crippen molar-refractivity contribution >= 4 is 34.7 Å². The van der Waals surface area contributed by atoms with E-state index in [0.717, 1.165) is 23.4 Å². The summed E-state index contributed by atoms with van der Waals surface area (Å²) in [6.45, 7) is 2.77. The first-order chi connectivity index (χ1) is 12.0. The molecule has 0 atom stereocenters. The van der Waals surface area contributed by atoms with E-state index in [1.54, 1.807) is 20.3 Å². The van der Waals surface area contributed by atoms with Gasteiger partial charge in [0.1, 0.15) is 17.8 Å². The van der Waals surface area contributed by atoms with E-state index in [1.807, 2.05) is 13.1 Å². The van der Waals surface area contributed by atoms with Crippen molar-refractivity contribution < 1.29 is 4.79 Å². The number of amides is 1. The van der Waals surface area contributed by atoms with Crippen molar-refractivity contribution in [2.24, 2.45) is 4.99 Å². The lowest BCUT2D eigenvalue weighted by atomic mass is 10.0. The van der Waals surface area contributed by atoms with Crippen molar-refractivity contribution in [1.29, 1.82) is 0 Å². The maximum Gasteiger partial charge on any atom is 0.255 e. The van der Waals surface area contributed by atoms with Crippen LogP contribution in [0.4, 0.5) is 11.5 Å². The third kappa shape index (κ3) is 2.53. The summed E-state index contributed by atoms with van der Waals surface area (Å²) in [5.74, 6) is 0.511. The van der Waals surface area contributed by atoms with Crippen LogP contribution < -0.4 is 5.32 Å². The first kappa shape index (κ1) is 15.3. The maximum absolute atomic E-state index is 12.4. The van der Waals surface area contributed by atoms with E-state index in [1.165, 1.54) is 16.8 Å². The van der Waals surface area contributed by atoms with Gasteiger partial charge in [0.05, 0.1) is 17.5 Å². The molecular formula is C18H18N6O. The van der Waals surface area contributed by atoms with Crippen molar-refractivity contribution in [3.63, 3.8) is 0 Å². The number of carbonyl (C=O) groups is 1. The number of fused-ring (bicyclic) bond motifs is 2. The SMILES string of the molecule is Cc1cc2c(cc1Nc1ncnc3[nH]cc(C(=O)N(C)C)c13)C=NC2. The molecule has 7 nitrogen and oxygen atoms in total. The van der Waals surface area contributed by atoms with Gasteiger partial charge in [-0.2, -0.15) is 0 Å². The van der Waals surface area contributed by atoms with Crippen LogP contribution in [0.3, 0.4) is 0 Å². The lowest BCUT2D eigenvalue weighted by Crippen LogP contribution is -2.21. The van der Waals surface area contributed by atoms with E-state index in [2.05, 4.69) is 37.4 Å². The molecule has 0 bridgehead atoms. The van der Waals surface area contributed by atoms with E-state index in [4.69, 9.17) is 0 Å². The third-order valence-corrected chi connectivity index (χ3v) is 4.34. The zero-order valence-corrected chi connectivity index (χ0v) is 14.3. The number of aromatic amines is 1. The van der Waals surface area contributed by atoms with Crippen LogP contribution in [0.15, 0.2) is 29.6 Å². The Hall–Kier alpha value is -3.22. The fraction of sp³-hybridized carbons (Fsp3) is 0.222. The van der Waals surface area contributed by atoms with Crippen LogP contribution in [0.2, 0.25) is 0 Å². The van der Waals surface area contributed by atoms with Crippen LogP contribution in [0.25, 0.3) is 11.0 Å². The summed E-state index contributed by atoms with van der Waals surface area (Å²) in [5, 5.41) is 4.05. The highest BCUT2D eigenvalue weighted by Crippen LogP contribution is 2.30. The second kappa shape index (κ2) is 5.70. The van der Waals surface area contributed by atoms with Crippen molar-refractivity contribution in [1.82, 2.24) is 19.9 Å². The Labute approximate surface area is 144 Å². The lowest BCUT2D eigenvalue weighted by molar-refractivity contribution is 0.0829. The average Bonchev–Trinajstić information content (AvgIpc) is 3.21. The molecule has 1 aromatic carbocycles. The predicted molar refractivity (Wildman–Crippen MR) is 97.7 cm³/mol. The highest BCUT2D eigenvalue weighted by Gasteiger charge is 2.19. The molecule has 25 heavy (non-hydrogen) atoms. The Bertz CT molecular complexity index is 1020. The second-order valence-electron chi connectivity index (χ2n) is 6.31. The molecule has 0 radical (unpaired) electrons. The zero-order valence-electron chi connectivity index (χ0n) is 14.3. The topological polar surface area (TPSA) is 86.3 Å². The van der Waals surface area contributed by atoms with Crippen LogP contribution in [0, 0.1) is 6.92 Å². The normalized spacial score (nSPS) is 12.4. The number of nitrogens with one attached hydrogen (secondary N) is 2. The van der Waals surface area contributed by atoms with E-state index < -0.39 is 0 Å². The molecule has 1 aliphatic rings. The summed E-state index contributed by atoms with van der Waals surface area (Å²) in [7, 11) is 3.45. The minimum atomic E-state index is -0.0955. The zero-order chi connectivity index (χ0) is 17.6. The highest BCUT2D eigenvalue weighted by molar-refractivity contribution is 6.09. The molecule has 1 amide bonds. The summed E-state index contributed by atoms with van der Waals surface area (Å²) < 4.78 is 0. The predicted octanol–water partition coefficient (Wildman–Crippen LogP) is 2.64. The standard InChI is InChI=1S/C18H18N6O/c1-10-4-11-6-19-7-12(11)5-14(10)23-17-15-13(18(25)24(2)3)8-20-16(15)21-9-22-17/h4-5,7-9H,6H2,1-3H3,(H2,20,21,22,23). The number of nitrogens with zero attached hydrogens (tertiary/aromatic N) is 4. The van der Waals surface area contributed by atoms with Gasteiger partial charge >= 0.3 is 0 Å². The van der Waals surface area contributed by atoms with Gasteiger partial charge in [-0.3, -0.25) is 9.79 Å². The first-order valence-corrected chi connectivity index (χ1v) is 7.98. The lowest BCUT2D eigenvalue weighted by Gasteiger charge is -2.13. The van der Waals surface area contributed by atoms with Gasteiger partial charge in [0.25, 0.3) is 5.91 Å². The molecule has 0 fully saturated rings. The fourth-order valence-electron chi connectivity index (χ4n) is 3.01. The fourth-order valence-corrected chi connectivity index (χ4v) is 3.01. The quantitative estimate of drug-likeness (QED) is 0.771. The van der Waals surface area contributed by atoms with Crippen LogP contribution in [-0.2, 0) is 6.54 Å². The molecule has 0 unspecified atom stereocenters. The molecule has 0 aliphatic carbocycles. The maximum atomic E-state index is 12.4. The Morgan fingerprint density at radius 2 is 2.12 bits per heavy atom. The van der Waals surface area contributed by atoms with Crippen molar-refractivity contribution in [2.75, 3.05) is 19.4 Å². The van der Waals surface area contributed by atoms with Gasteiger partial charge in [-0.05, 0) is 29.7 Å². The molecule has 0 spiro atoms. The van der Waals surface area contributed by atoms with Crippen molar-refractivity contribution in [3.05, 3.63) is 46.9 Å². The second-order valence-corrected chi connectivity index (χ2v) is 6.31. The molecule has 2 N–H and O–H groups in total. The molecule has 0 saturated carbocycles. The van der Waals surface area contributed by atoms with Crippen LogP contribution in [-0.4, -0.2) is 46.1 Å². The Morgan fingerprint density at radius 1 is 1.28 bits per heavy atom. The Balaban J connectivity index is 1.81. The smallest absolute Gasteiger partial charge is 0.255 e. The molecule has 1 aliphatic heterocycles. The number of aryl methyl sites for hydroxylation is 1. The average molecular weight is 334 g/mol. The summed E-state index contributed by atoms with van der Waals surface area (Å²) in [5.41, 5.74) is 5.55. The number of benzene rings is 1. The van der Waals surface area contributed by atoms with Crippen molar-refractivity contribution in [2.45, 2.75) is 13.5 Å². The summed E-state index contributed by atoms with van der Waals surface area (Å²) in [6, 6.07) is 4.20. The molecule has 2 aromatic heterocycles. The number of H-pyrrole nitrogens is 1. The Morgan fingerprint density at radius 3 is 2.92 bits per heavy atom. The van der Waals surface area contributed by atoms with Gasteiger partial charge in [-0.25, -0.2) is 9.97 Å². The van der Waals surface area contributed by atoms with Gasteiger partial charge in [0, 0.05) is 32.2 Å². The Kier molecular flexibility index (Phi) is 3.49. The molecule has 126 valence electrons. The van der Waals surface area contributed by atoms with E-state index in [-0.39, 0.29) is 5.91 Å². The monoisotopic (exact) mass is 334 g/mol. The number of hydrogen-bond acceptors (Lipinski definition) is 5. The number of aromatic nitrogens is 3. The van der Waals surface area contributed by atoms with Crippen molar-refractivity contribution in [3.8, 4) is 0 Å². The van der Waals surface area contributed by atoms with Gasteiger partial charge < -0.3 is 15.2 Å². The molecular weight excluding hydrogens is 316 g/mol. The van der Waals surface area contributed by atoms with E-state index >= 15 is 0 Å². The van der Waals surface area contributed by atoms with Crippen LogP contribution >= 0.6 is 0 Å². The number of anilines is 2. The highest BCUT2D eigenvalue weighted by atomic mass is 16.2. The van der Waals surface area contributed by atoms with E-state index in [9.17, 15) is 4.79 Å².